The molecule has 0 unspecified atom stereocenters. The fourth-order valence-corrected chi connectivity index (χ4v) is 2.32. The molecule has 0 aliphatic rings. The summed E-state index contributed by atoms with van der Waals surface area (Å²) >= 11 is 0. The van der Waals surface area contributed by atoms with Gasteiger partial charge in [-0.3, -0.25) is 4.79 Å². The van der Waals surface area contributed by atoms with Crippen LogP contribution in [0.2, 0.25) is 24.7 Å². The molecule has 0 aliphatic carbocycles. The lowest BCUT2D eigenvalue weighted by molar-refractivity contribution is -0.154. The van der Waals surface area contributed by atoms with Gasteiger partial charge in [0, 0.05) is 8.07 Å². The van der Waals surface area contributed by atoms with Gasteiger partial charge in [0.2, 0.25) is 0 Å². The standard InChI is InChI=1S/C15H32O2Si/c1-9-14(2,3)13(16)17-12-10-11-15(4,5)18(6,7)8/h9-12H2,1-8H3. The number of rotatable bonds is 7. The maximum Gasteiger partial charge on any atom is 0.311 e. The van der Waals surface area contributed by atoms with E-state index in [4.69, 9.17) is 4.74 Å². The van der Waals surface area contributed by atoms with Gasteiger partial charge in [0.05, 0.1) is 12.0 Å². The summed E-state index contributed by atoms with van der Waals surface area (Å²) in [4.78, 5) is 11.8. The van der Waals surface area contributed by atoms with E-state index in [9.17, 15) is 4.79 Å². The number of carbonyl (C=O) groups is 1. The first-order chi connectivity index (χ1) is 7.94. The number of hydrogen-bond donors (Lipinski definition) is 0. The maximum atomic E-state index is 11.8. The minimum atomic E-state index is -1.15. The third-order valence-electron chi connectivity index (χ3n) is 4.65. The molecule has 2 nitrogen and oxygen atoms in total. The highest BCUT2D eigenvalue weighted by atomic mass is 28.3. The summed E-state index contributed by atoms with van der Waals surface area (Å²) in [5.74, 6) is -0.0594. The molecule has 0 saturated carbocycles. The molecule has 0 atom stereocenters. The highest BCUT2D eigenvalue weighted by Crippen LogP contribution is 2.41. The second-order valence-electron chi connectivity index (χ2n) is 7.61. The van der Waals surface area contributed by atoms with Crippen molar-refractivity contribution in [2.45, 2.75) is 78.6 Å². The molecule has 18 heavy (non-hydrogen) atoms. The van der Waals surface area contributed by atoms with Gasteiger partial charge in [0.15, 0.2) is 0 Å². The summed E-state index contributed by atoms with van der Waals surface area (Å²) in [5.41, 5.74) is -0.339. The lowest BCUT2D eigenvalue weighted by Gasteiger charge is -2.37. The Hall–Kier alpha value is -0.313. The first kappa shape index (κ1) is 17.7. The van der Waals surface area contributed by atoms with Gasteiger partial charge in [-0.2, -0.15) is 0 Å². The van der Waals surface area contributed by atoms with Crippen molar-refractivity contribution >= 4 is 14.0 Å². The Balaban J connectivity index is 4.06. The molecule has 108 valence electrons. The van der Waals surface area contributed by atoms with Crippen LogP contribution in [0.15, 0.2) is 0 Å². The molecule has 3 heteroatoms. The van der Waals surface area contributed by atoms with Gasteiger partial charge in [0.25, 0.3) is 0 Å². The van der Waals surface area contributed by atoms with Gasteiger partial charge in [-0.25, -0.2) is 0 Å². The van der Waals surface area contributed by atoms with E-state index in [0.29, 0.717) is 11.6 Å². The van der Waals surface area contributed by atoms with E-state index in [1.165, 1.54) is 0 Å². The lowest BCUT2D eigenvalue weighted by atomic mass is 9.91. The van der Waals surface area contributed by atoms with Crippen molar-refractivity contribution in [1.29, 1.82) is 0 Å². The average molecular weight is 273 g/mol. The minimum Gasteiger partial charge on any atom is -0.465 e. The number of ether oxygens (including phenoxy) is 1. The van der Waals surface area contributed by atoms with Crippen LogP contribution < -0.4 is 0 Å². The fourth-order valence-electron chi connectivity index (χ4n) is 1.39. The summed E-state index contributed by atoms with van der Waals surface area (Å²) in [6.07, 6.45) is 2.94. The minimum absolute atomic E-state index is 0.0594. The van der Waals surface area contributed by atoms with E-state index in [1.54, 1.807) is 0 Å². The highest BCUT2D eigenvalue weighted by molar-refractivity contribution is 6.78. The Morgan fingerprint density at radius 2 is 1.61 bits per heavy atom. The van der Waals surface area contributed by atoms with Crippen LogP contribution in [0, 0.1) is 5.41 Å². The Bertz CT molecular complexity index is 275. The van der Waals surface area contributed by atoms with Crippen LogP contribution in [-0.2, 0) is 9.53 Å². The first-order valence-corrected chi connectivity index (χ1v) is 10.6. The van der Waals surface area contributed by atoms with Gasteiger partial charge >= 0.3 is 5.97 Å². The molecule has 0 spiro atoms. The van der Waals surface area contributed by atoms with Gasteiger partial charge < -0.3 is 4.74 Å². The predicted molar refractivity (Wildman–Crippen MR) is 81.7 cm³/mol. The summed E-state index contributed by atoms with van der Waals surface area (Å²) in [7, 11) is -1.15. The van der Waals surface area contributed by atoms with Crippen molar-refractivity contribution in [1.82, 2.24) is 0 Å². The summed E-state index contributed by atoms with van der Waals surface area (Å²) in [6, 6.07) is 0. The largest absolute Gasteiger partial charge is 0.465 e. The molecule has 0 radical (unpaired) electrons. The zero-order chi connectivity index (χ0) is 14.6. The van der Waals surface area contributed by atoms with Crippen molar-refractivity contribution in [3.63, 3.8) is 0 Å². The summed E-state index contributed by atoms with van der Waals surface area (Å²) in [5, 5.41) is 0.402. The second kappa shape index (κ2) is 6.22. The van der Waals surface area contributed by atoms with Crippen molar-refractivity contribution in [2.24, 2.45) is 5.41 Å². The van der Waals surface area contributed by atoms with Crippen LogP contribution in [0.3, 0.4) is 0 Å². The van der Waals surface area contributed by atoms with Crippen molar-refractivity contribution in [3.05, 3.63) is 0 Å². The highest BCUT2D eigenvalue weighted by Gasteiger charge is 2.34. The Morgan fingerprint density at radius 1 is 1.11 bits per heavy atom. The normalized spacial score (nSPS) is 13.6. The van der Waals surface area contributed by atoms with Crippen LogP contribution in [0.4, 0.5) is 0 Å². The molecule has 0 rings (SSSR count). The van der Waals surface area contributed by atoms with E-state index in [1.807, 2.05) is 20.8 Å². The van der Waals surface area contributed by atoms with Crippen LogP contribution in [-0.4, -0.2) is 20.7 Å². The summed E-state index contributed by atoms with van der Waals surface area (Å²) < 4.78 is 5.38. The molecule has 0 aromatic carbocycles. The van der Waals surface area contributed by atoms with Crippen LogP contribution in [0.5, 0.6) is 0 Å². The molecule has 0 aromatic rings. The summed E-state index contributed by atoms with van der Waals surface area (Å²) in [6.45, 7) is 18.4. The monoisotopic (exact) mass is 272 g/mol. The topological polar surface area (TPSA) is 26.3 Å². The zero-order valence-electron chi connectivity index (χ0n) is 13.6. The second-order valence-corrected chi connectivity index (χ2v) is 13.5. The molecular weight excluding hydrogens is 240 g/mol. The first-order valence-electron chi connectivity index (χ1n) is 7.11. The van der Waals surface area contributed by atoms with E-state index in [2.05, 4.69) is 33.5 Å². The quantitative estimate of drug-likeness (QED) is 0.376. The Kier molecular flexibility index (Phi) is 6.12. The van der Waals surface area contributed by atoms with Crippen molar-refractivity contribution < 1.29 is 9.53 Å². The van der Waals surface area contributed by atoms with Crippen molar-refractivity contribution in [3.8, 4) is 0 Å². The van der Waals surface area contributed by atoms with Gasteiger partial charge in [-0.05, 0) is 38.1 Å². The zero-order valence-corrected chi connectivity index (χ0v) is 14.6. The van der Waals surface area contributed by atoms with E-state index >= 15 is 0 Å². The molecular formula is C15H32O2Si. The van der Waals surface area contributed by atoms with E-state index in [0.717, 1.165) is 19.3 Å². The Labute approximate surface area is 115 Å². The Morgan fingerprint density at radius 3 is 2.00 bits per heavy atom. The third-order valence-corrected chi connectivity index (χ3v) is 8.96. The van der Waals surface area contributed by atoms with Gasteiger partial charge in [-0.15, -0.1) is 0 Å². The van der Waals surface area contributed by atoms with E-state index in [-0.39, 0.29) is 11.4 Å². The number of carbonyl (C=O) groups excluding carboxylic acids is 1. The average Bonchev–Trinajstić information content (AvgIpc) is 2.22. The molecule has 0 N–H and O–H groups in total. The number of hydrogen-bond acceptors (Lipinski definition) is 2. The fraction of sp³-hybridized carbons (Fsp3) is 0.933. The van der Waals surface area contributed by atoms with Crippen molar-refractivity contribution in [2.75, 3.05) is 6.61 Å². The number of esters is 1. The van der Waals surface area contributed by atoms with Crippen LogP contribution in [0.1, 0.15) is 53.9 Å². The molecule has 0 saturated heterocycles. The molecule has 0 amide bonds. The third kappa shape index (κ3) is 5.13. The molecule has 0 aromatic heterocycles. The predicted octanol–water partition coefficient (Wildman–Crippen LogP) is 4.86. The molecule has 0 bridgehead atoms. The molecule has 0 fully saturated rings. The molecule has 0 heterocycles. The van der Waals surface area contributed by atoms with E-state index < -0.39 is 8.07 Å². The van der Waals surface area contributed by atoms with Crippen LogP contribution in [0.25, 0.3) is 0 Å². The smallest absolute Gasteiger partial charge is 0.311 e. The van der Waals surface area contributed by atoms with Gasteiger partial charge in [-0.1, -0.05) is 40.4 Å². The molecule has 0 aliphatic heterocycles. The van der Waals surface area contributed by atoms with Crippen LogP contribution >= 0.6 is 0 Å². The van der Waals surface area contributed by atoms with Gasteiger partial charge in [0.1, 0.15) is 0 Å². The SMILES string of the molecule is CCC(C)(C)C(=O)OCCCC(C)(C)[Si](C)(C)C. The lowest BCUT2D eigenvalue weighted by Crippen LogP contribution is -2.35. The maximum absolute atomic E-state index is 11.8.